The lowest BCUT2D eigenvalue weighted by Crippen LogP contribution is -2.46. The number of ether oxygens (including phenoxy) is 2. The minimum atomic E-state index is -4.40. The molecule has 6 nitrogen and oxygen atoms in total. The molecule has 2 aromatic rings. The Morgan fingerprint density at radius 2 is 2.07 bits per heavy atom. The molecule has 1 aliphatic heterocycles. The largest absolute Gasteiger partial charge is 0.484 e. The highest BCUT2D eigenvalue weighted by Crippen LogP contribution is 2.34. The molecule has 1 aliphatic rings. The first-order chi connectivity index (χ1) is 12.3. The summed E-state index contributed by atoms with van der Waals surface area (Å²) in [5.41, 5.74) is 5.70. The number of halogens is 4. The Kier molecular flexibility index (Phi) is 6.90. The zero-order valence-corrected chi connectivity index (χ0v) is 15.8. The molecule has 27 heavy (non-hydrogen) atoms. The van der Waals surface area contributed by atoms with E-state index in [1.54, 1.807) is 6.07 Å². The van der Waals surface area contributed by atoms with Gasteiger partial charge < -0.3 is 20.5 Å². The van der Waals surface area contributed by atoms with Crippen molar-refractivity contribution in [3.05, 3.63) is 18.2 Å². The van der Waals surface area contributed by atoms with E-state index in [-0.39, 0.29) is 30.6 Å². The summed E-state index contributed by atoms with van der Waals surface area (Å²) in [7, 11) is 0. The molecule has 0 radical (unpaired) electrons. The van der Waals surface area contributed by atoms with Crippen molar-refractivity contribution < 1.29 is 27.4 Å². The Morgan fingerprint density at radius 1 is 1.37 bits per heavy atom. The third-order valence-electron chi connectivity index (χ3n) is 4.31. The second-order valence-electron chi connectivity index (χ2n) is 6.10. The first-order valence-corrected chi connectivity index (χ1v) is 8.82. The fourth-order valence-electron chi connectivity index (χ4n) is 2.73. The van der Waals surface area contributed by atoms with Crippen LogP contribution in [0.25, 0.3) is 10.2 Å². The molecule has 1 fully saturated rings. The Morgan fingerprint density at radius 3 is 2.70 bits per heavy atom. The number of carbonyl (C=O) groups is 1. The molecule has 0 spiro atoms. The van der Waals surface area contributed by atoms with Gasteiger partial charge in [0, 0.05) is 19.8 Å². The van der Waals surface area contributed by atoms with Crippen molar-refractivity contribution in [2.75, 3.05) is 31.7 Å². The zero-order chi connectivity index (χ0) is 18.8. The molecule has 3 N–H and O–H groups in total. The second kappa shape index (κ2) is 8.59. The first kappa shape index (κ1) is 21.7. The molecular formula is C16H19ClF3N3O3S. The molecule has 0 saturated carbocycles. The van der Waals surface area contributed by atoms with Crippen LogP contribution in [0, 0.1) is 5.41 Å². The normalized spacial score (nSPS) is 16.6. The standard InChI is InChI=1S/C16H18F3N3O3S.ClH/c17-16(18,19)9-25-10-1-2-11-12(7-10)26-14(21-11)22-13(23)15(8-20)3-5-24-6-4-15;/h1-2,7H,3-6,8-9,20H2,(H,21,22,23);1H. The summed E-state index contributed by atoms with van der Waals surface area (Å²) in [6.45, 7) is -0.195. The molecule has 1 amide bonds. The van der Waals surface area contributed by atoms with Crippen molar-refractivity contribution >= 4 is 45.0 Å². The third kappa shape index (κ3) is 5.22. The van der Waals surface area contributed by atoms with Crippen LogP contribution in [-0.2, 0) is 9.53 Å². The van der Waals surface area contributed by atoms with Crippen LogP contribution in [0.4, 0.5) is 18.3 Å². The highest BCUT2D eigenvalue weighted by molar-refractivity contribution is 7.22. The summed E-state index contributed by atoms with van der Waals surface area (Å²) >= 11 is 1.17. The van der Waals surface area contributed by atoms with Crippen LogP contribution in [0.5, 0.6) is 5.75 Å². The molecule has 0 bridgehead atoms. The van der Waals surface area contributed by atoms with Crippen LogP contribution < -0.4 is 15.8 Å². The van der Waals surface area contributed by atoms with Crippen molar-refractivity contribution in [3.63, 3.8) is 0 Å². The first-order valence-electron chi connectivity index (χ1n) is 8.01. The van der Waals surface area contributed by atoms with E-state index in [2.05, 4.69) is 10.3 Å². The lowest BCUT2D eigenvalue weighted by Gasteiger charge is -2.34. The number of hydrogen-bond acceptors (Lipinski definition) is 6. The molecule has 0 atom stereocenters. The topological polar surface area (TPSA) is 86.5 Å². The highest BCUT2D eigenvalue weighted by atomic mass is 35.5. The number of nitrogens with one attached hydrogen (secondary N) is 1. The van der Waals surface area contributed by atoms with E-state index in [1.807, 2.05) is 0 Å². The smallest absolute Gasteiger partial charge is 0.422 e. The zero-order valence-electron chi connectivity index (χ0n) is 14.2. The second-order valence-corrected chi connectivity index (χ2v) is 7.13. The maximum atomic E-state index is 12.6. The van der Waals surface area contributed by atoms with Gasteiger partial charge in [-0.3, -0.25) is 4.79 Å². The van der Waals surface area contributed by atoms with Crippen molar-refractivity contribution in [2.24, 2.45) is 11.1 Å². The number of carbonyl (C=O) groups excluding carboxylic acids is 1. The van der Waals surface area contributed by atoms with Gasteiger partial charge in [0.2, 0.25) is 5.91 Å². The fraction of sp³-hybridized carbons (Fsp3) is 0.500. The average Bonchev–Trinajstić information content (AvgIpc) is 3.01. The third-order valence-corrected chi connectivity index (χ3v) is 5.24. The molecule has 1 saturated heterocycles. The van der Waals surface area contributed by atoms with Gasteiger partial charge in [-0.15, -0.1) is 12.4 Å². The molecule has 3 rings (SSSR count). The van der Waals surface area contributed by atoms with Crippen molar-refractivity contribution in [2.45, 2.75) is 19.0 Å². The van der Waals surface area contributed by atoms with Crippen LogP contribution in [0.2, 0.25) is 0 Å². The monoisotopic (exact) mass is 425 g/mol. The van der Waals surface area contributed by atoms with Crippen LogP contribution >= 0.6 is 23.7 Å². The van der Waals surface area contributed by atoms with Crippen LogP contribution in [0.15, 0.2) is 18.2 Å². The molecule has 150 valence electrons. The maximum absolute atomic E-state index is 12.6. The minimum absolute atomic E-state index is 0. The number of alkyl halides is 3. The quantitative estimate of drug-likeness (QED) is 0.767. The van der Waals surface area contributed by atoms with E-state index in [1.165, 1.54) is 23.5 Å². The number of anilines is 1. The van der Waals surface area contributed by atoms with Crippen LogP contribution in [0.3, 0.4) is 0 Å². The van der Waals surface area contributed by atoms with Gasteiger partial charge in [-0.1, -0.05) is 11.3 Å². The average molecular weight is 426 g/mol. The molecule has 11 heteroatoms. The van der Waals surface area contributed by atoms with E-state index in [0.717, 1.165) is 0 Å². The Bertz CT molecular complexity index is 794. The van der Waals surface area contributed by atoms with Gasteiger partial charge in [0.25, 0.3) is 0 Å². The molecule has 1 aromatic carbocycles. The van der Waals surface area contributed by atoms with Crippen molar-refractivity contribution in [1.29, 1.82) is 0 Å². The number of rotatable bonds is 5. The van der Waals surface area contributed by atoms with Gasteiger partial charge in [0.05, 0.1) is 15.6 Å². The van der Waals surface area contributed by atoms with Gasteiger partial charge in [-0.05, 0) is 31.0 Å². The predicted molar refractivity (Wildman–Crippen MR) is 98.6 cm³/mol. The van der Waals surface area contributed by atoms with E-state index >= 15 is 0 Å². The number of thiazole rings is 1. The Balaban J connectivity index is 0.00000261. The van der Waals surface area contributed by atoms with Gasteiger partial charge in [0.1, 0.15) is 5.75 Å². The number of fused-ring (bicyclic) bond motifs is 1. The number of aromatic nitrogens is 1. The molecule has 0 unspecified atom stereocenters. The lowest BCUT2D eigenvalue weighted by atomic mass is 9.79. The van der Waals surface area contributed by atoms with Gasteiger partial charge in [-0.25, -0.2) is 4.98 Å². The van der Waals surface area contributed by atoms with Crippen LogP contribution in [-0.4, -0.2) is 43.4 Å². The number of amides is 1. The van der Waals surface area contributed by atoms with E-state index in [0.29, 0.717) is 41.4 Å². The summed E-state index contributed by atoms with van der Waals surface area (Å²) in [4.78, 5) is 16.9. The van der Waals surface area contributed by atoms with Crippen molar-refractivity contribution in [1.82, 2.24) is 4.98 Å². The SMILES string of the molecule is Cl.NCC1(C(=O)Nc2nc3ccc(OCC(F)(F)F)cc3s2)CCOCC1. The summed E-state index contributed by atoms with van der Waals surface area (Å²) < 4.78 is 47.4. The molecule has 0 aliphatic carbocycles. The van der Waals surface area contributed by atoms with E-state index < -0.39 is 18.2 Å². The molecule has 2 heterocycles. The van der Waals surface area contributed by atoms with Crippen LogP contribution in [0.1, 0.15) is 12.8 Å². The number of benzene rings is 1. The number of nitrogens with zero attached hydrogens (tertiary/aromatic N) is 1. The summed E-state index contributed by atoms with van der Waals surface area (Å²) in [6, 6.07) is 4.45. The molecular weight excluding hydrogens is 407 g/mol. The molecule has 1 aromatic heterocycles. The summed E-state index contributed by atoms with van der Waals surface area (Å²) in [5.74, 6) is -0.116. The predicted octanol–water partition coefficient (Wildman–Crippen LogP) is 3.35. The Labute approximate surface area is 163 Å². The lowest BCUT2D eigenvalue weighted by molar-refractivity contribution is -0.153. The van der Waals surface area contributed by atoms with Crippen molar-refractivity contribution in [3.8, 4) is 5.75 Å². The Hall–Kier alpha value is -1.62. The number of hydrogen-bond donors (Lipinski definition) is 2. The maximum Gasteiger partial charge on any atom is 0.422 e. The van der Waals surface area contributed by atoms with E-state index in [9.17, 15) is 18.0 Å². The minimum Gasteiger partial charge on any atom is -0.484 e. The summed E-state index contributed by atoms with van der Waals surface area (Å²) in [5, 5.41) is 3.15. The fourth-order valence-corrected chi connectivity index (χ4v) is 3.62. The highest BCUT2D eigenvalue weighted by Gasteiger charge is 2.39. The van der Waals surface area contributed by atoms with Gasteiger partial charge in [-0.2, -0.15) is 13.2 Å². The van der Waals surface area contributed by atoms with Gasteiger partial charge >= 0.3 is 6.18 Å². The van der Waals surface area contributed by atoms with Gasteiger partial charge in [0.15, 0.2) is 11.7 Å². The number of nitrogens with two attached hydrogens (primary N) is 1. The summed E-state index contributed by atoms with van der Waals surface area (Å²) in [6.07, 6.45) is -3.33. The van der Waals surface area contributed by atoms with E-state index in [4.69, 9.17) is 15.2 Å².